The third-order valence-corrected chi connectivity index (χ3v) is 3.53. The Bertz CT molecular complexity index is 558. The summed E-state index contributed by atoms with van der Waals surface area (Å²) in [6, 6.07) is 5.51. The van der Waals surface area contributed by atoms with Crippen LogP contribution in [0.5, 0.6) is 0 Å². The van der Waals surface area contributed by atoms with Crippen molar-refractivity contribution in [3.63, 3.8) is 0 Å². The molecule has 112 valence electrons. The molecule has 7 heteroatoms. The van der Waals surface area contributed by atoms with E-state index in [4.69, 9.17) is 0 Å². The first-order chi connectivity index (χ1) is 9.93. The van der Waals surface area contributed by atoms with Crippen LogP contribution in [0.3, 0.4) is 0 Å². The Morgan fingerprint density at radius 3 is 1.90 bits per heavy atom. The van der Waals surface area contributed by atoms with Gasteiger partial charge in [0, 0.05) is 24.3 Å². The van der Waals surface area contributed by atoms with Gasteiger partial charge in [-0.15, -0.1) is 0 Å². The van der Waals surface area contributed by atoms with Crippen molar-refractivity contribution in [3.8, 4) is 0 Å². The van der Waals surface area contributed by atoms with Crippen LogP contribution >= 0.6 is 0 Å². The van der Waals surface area contributed by atoms with Gasteiger partial charge in [0.2, 0.25) is 5.60 Å². The van der Waals surface area contributed by atoms with Gasteiger partial charge in [-0.2, -0.15) is 0 Å². The van der Waals surface area contributed by atoms with Gasteiger partial charge in [-0.25, -0.2) is 4.79 Å². The van der Waals surface area contributed by atoms with Crippen LogP contribution in [0.15, 0.2) is 24.3 Å². The maximum atomic E-state index is 11.8. The number of carbonyl (C=O) groups excluding carboxylic acids is 3. The molecule has 3 N–H and O–H groups in total. The number of aliphatic hydroxyl groups is 1. The van der Waals surface area contributed by atoms with Crippen molar-refractivity contribution in [2.24, 2.45) is 0 Å². The van der Waals surface area contributed by atoms with Crippen molar-refractivity contribution in [3.05, 3.63) is 29.8 Å². The van der Waals surface area contributed by atoms with Crippen molar-refractivity contribution in [1.29, 1.82) is 0 Å². The van der Waals surface area contributed by atoms with E-state index in [0.717, 1.165) is 18.8 Å². The molecular weight excluding hydrogens is 274 g/mol. The zero-order valence-corrected chi connectivity index (χ0v) is 11.8. The summed E-state index contributed by atoms with van der Waals surface area (Å²) in [4.78, 5) is 36.8. The maximum Gasteiger partial charge on any atom is 0.328 e. The third-order valence-electron chi connectivity index (χ3n) is 3.53. The number of imide groups is 2. The van der Waals surface area contributed by atoms with Gasteiger partial charge in [-0.1, -0.05) is 12.1 Å². The minimum Gasteiger partial charge on any atom is -0.372 e. The Labute approximate surface area is 121 Å². The second kappa shape index (κ2) is 5.53. The first-order valence-corrected chi connectivity index (χ1v) is 6.68. The van der Waals surface area contributed by atoms with E-state index >= 15 is 0 Å². The Balaban J connectivity index is 2.35. The number of amides is 4. The highest BCUT2D eigenvalue weighted by Gasteiger charge is 2.50. The van der Waals surface area contributed by atoms with Crippen LogP contribution in [0.1, 0.15) is 19.4 Å². The topological polar surface area (TPSA) is 98.7 Å². The standard InChI is InChI=1S/C14H17N3O4/c1-3-17(4-2)10-7-5-9(6-8-10)14(21)11(18)15-13(20)16-12(14)19/h5-8,21H,3-4H2,1-2H3,(H2,15,16,18,19,20). The molecule has 0 saturated carbocycles. The number of barbiturate groups is 1. The van der Waals surface area contributed by atoms with Crippen LogP contribution in [0.4, 0.5) is 10.5 Å². The second-order valence-electron chi connectivity index (χ2n) is 4.67. The van der Waals surface area contributed by atoms with Gasteiger partial charge in [0.15, 0.2) is 0 Å². The van der Waals surface area contributed by atoms with Gasteiger partial charge < -0.3 is 10.0 Å². The van der Waals surface area contributed by atoms with E-state index in [-0.39, 0.29) is 5.56 Å². The fourth-order valence-electron chi connectivity index (χ4n) is 2.29. The molecule has 0 bridgehead atoms. The number of rotatable bonds is 4. The molecule has 0 spiro atoms. The number of anilines is 1. The van der Waals surface area contributed by atoms with Crippen molar-refractivity contribution >= 4 is 23.5 Å². The first kappa shape index (κ1) is 15.0. The van der Waals surface area contributed by atoms with Crippen molar-refractivity contribution in [2.75, 3.05) is 18.0 Å². The number of carbonyl (C=O) groups is 3. The lowest BCUT2D eigenvalue weighted by Crippen LogP contribution is -2.64. The van der Waals surface area contributed by atoms with E-state index in [9.17, 15) is 19.5 Å². The lowest BCUT2D eigenvalue weighted by molar-refractivity contribution is -0.155. The van der Waals surface area contributed by atoms with Gasteiger partial charge in [0.1, 0.15) is 0 Å². The van der Waals surface area contributed by atoms with Crippen LogP contribution in [-0.2, 0) is 15.2 Å². The highest BCUT2D eigenvalue weighted by Crippen LogP contribution is 2.26. The number of benzene rings is 1. The number of nitrogens with zero attached hydrogens (tertiary/aromatic N) is 1. The van der Waals surface area contributed by atoms with Crippen LogP contribution in [0, 0.1) is 0 Å². The third kappa shape index (κ3) is 2.47. The van der Waals surface area contributed by atoms with Crippen molar-refractivity contribution < 1.29 is 19.5 Å². The van der Waals surface area contributed by atoms with Gasteiger partial charge >= 0.3 is 6.03 Å². The van der Waals surface area contributed by atoms with Crippen LogP contribution < -0.4 is 15.5 Å². The molecule has 1 aromatic carbocycles. The summed E-state index contributed by atoms with van der Waals surface area (Å²) < 4.78 is 0. The molecule has 1 heterocycles. The molecule has 1 aliphatic heterocycles. The first-order valence-electron chi connectivity index (χ1n) is 6.68. The number of urea groups is 1. The lowest BCUT2D eigenvalue weighted by Gasteiger charge is -2.29. The highest BCUT2D eigenvalue weighted by molar-refractivity contribution is 6.21. The van der Waals surface area contributed by atoms with Gasteiger partial charge in [0.25, 0.3) is 11.8 Å². The summed E-state index contributed by atoms with van der Waals surface area (Å²) in [5.74, 6) is -2.10. The fraction of sp³-hybridized carbons (Fsp3) is 0.357. The summed E-state index contributed by atoms with van der Waals surface area (Å²) in [5, 5.41) is 14.1. The van der Waals surface area contributed by atoms with Crippen LogP contribution in [0.25, 0.3) is 0 Å². The normalized spacial score (nSPS) is 17.2. The number of nitrogens with one attached hydrogen (secondary N) is 2. The Kier molecular flexibility index (Phi) is 3.95. The molecule has 1 fully saturated rings. The average Bonchev–Trinajstić information content (AvgIpc) is 2.46. The molecule has 4 amide bonds. The molecule has 1 saturated heterocycles. The minimum absolute atomic E-state index is 0.112. The monoisotopic (exact) mass is 291 g/mol. The minimum atomic E-state index is -2.39. The van der Waals surface area contributed by atoms with E-state index < -0.39 is 23.4 Å². The Morgan fingerprint density at radius 1 is 1.00 bits per heavy atom. The number of hydrogen-bond donors (Lipinski definition) is 3. The smallest absolute Gasteiger partial charge is 0.328 e. The zero-order chi connectivity index (χ0) is 15.6. The zero-order valence-electron chi connectivity index (χ0n) is 11.8. The van der Waals surface area contributed by atoms with E-state index in [0.29, 0.717) is 0 Å². The second-order valence-corrected chi connectivity index (χ2v) is 4.67. The van der Waals surface area contributed by atoms with E-state index in [1.807, 2.05) is 24.5 Å². The van der Waals surface area contributed by atoms with Gasteiger partial charge in [-0.3, -0.25) is 20.2 Å². The molecule has 0 aliphatic carbocycles. The Hall–Kier alpha value is -2.41. The summed E-state index contributed by atoms with van der Waals surface area (Å²) >= 11 is 0. The molecule has 0 radical (unpaired) electrons. The molecule has 0 atom stereocenters. The fourth-order valence-corrected chi connectivity index (χ4v) is 2.29. The summed E-state index contributed by atoms with van der Waals surface area (Å²) in [6.07, 6.45) is 0. The summed E-state index contributed by atoms with van der Waals surface area (Å²) in [7, 11) is 0. The Morgan fingerprint density at radius 2 is 1.48 bits per heavy atom. The lowest BCUT2D eigenvalue weighted by atomic mass is 9.90. The predicted molar refractivity (Wildman–Crippen MR) is 75.6 cm³/mol. The van der Waals surface area contributed by atoms with Gasteiger partial charge in [0.05, 0.1) is 0 Å². The van der Waals surface area contributed by atoms with Gasteiger partial charge in [-0.05, 0) is 26.0 Å². The molecule has 7 nitrogen and oxygen atoms in total. The molecular formula is C14H17N3O4. The number of hydrogen-bond acceptors (Lipinski definition) is 5. The van der Waals surface area contributed by atoms with E-state index in [1.54, 1.807) is 12.1 Å². The van der Waals surface area contributed by atoms with E-state index in [1.165, 1.54) is 12.1 Å². The molecule has 0 unspecified atom stereocenters. The van der Waals surface area contributed by atoms with Crippen LogP contribution in [0.2, 0.25) is 0 Å². The largest absolute Gasteiger partial charge is 0.372 e. The highest BCUT2D eigenvalue weighted by atomic mass is 16.3. The van der Waals surface area contributed by atoms with Crippen molar-refractivity contribution in [1.82, 2.24) is 10.6 Å². The van der Waals surface area contributed by atoms with Crippen LogP contribution in [-0.4, -0.2) is 36.0 Å². The molecule has 1 aliphatic rings. The van der Waals surface area contributed by atoms with Crippen molar-refractivity contribution in [2.45, 2.75) is 19.4 Å². The molecule has 21 heavy (non-hydrogen) atoms. The molecule has 2 rings (SSSR count). The SMILES string of the molecule is CCN(CC)c1ccc(C2(O)C(=O)NC(=O)NC2=O)cc1. The molecule has 1 aromatic rings. The summed E-state index contributed by atoms with van der Waals surface area (Å²) in [6.45, 7) is 5.66. The predicted octanol–water partition coefficient (Wildman–Crippen LogP) is 0.0864. The molecule has 0 aromatic heterocycles. The van der Waals surface area contributed by atoms with E-state index in [2.05, 4.69) is 4.90 Å². The summed E-state index contributed by atoms with van der Waals surface area (Å²) in [5.41, 5.74) is -1.36. The quantitative estimate of drug-likeness (QED) is 0.683. The maximum absolute atomic E-state index is 11.8. The average molecular weight is 291 g/mol.